The molecule has 0 heterocycles. The average Bonchev–Trinajstić information content (AvgIpc) is 3.25. The molecule has 180 valence electrons. The van der Waals surface area contributed by atoms with Crippen LogP contribution in [0.5, 0.6) is 0 Å². The van der Waals surface area contributed by atoms with Crippen molar-refractivity contribution < 1.29 is 44.0 Å². The van der Waals surface area contributed by atoms with Crippen molar-refractivity contribution in [1.82, 2.24) is 0 Å². The Balaban J connectivity index is 0.000000490. The topological polar surface area (TPSA) is 0 Å². The molecule has 0 atom stereocenters. The molecule has 0 radical (unpaired) electrons. The van der Waals surface area contributed by atoms with Crippen LogP contribution in [0.3, 0.4) is 0 Å². The van der Waals surface area contributed by atoms with E-state index >= 15 is 0 Å². The van der Waals surface area contributed by atoms with E-state index in [9.17, 15) is 0 Å². The van der Waals surface area contributed by atoms with Gasteiger partial charge >= 0.3 is 38.5 Å². The number of halogens is 2. The summed E-state index contributed by atoms with van der Waals surface area (Å²) in [4.78, 5) is 0. The molecule has 0 bridgehead atoms. The molecule has 2 aromatic carbocycles. The van der Waals surface area contributed by atoms with Crippen molar-refractivity contribution in [3.63, 3.8) is 0 Å². The van der Waals surface area contributed by atoms with E-state index in [0.29, 0.717) is 0 Å². The molecule has 0 fully saturated rings. The van der Waals surface area contributed by atoms with Crippen molar-refractivity contribution >= 4 is 32.7 Å². The Morgan fingerprint density at radius 3 is 1.19 bits per heavy atom. The molecule has 0 saturated carbocycles. The van der Waals surface area contributed by atoms with Gasteiger partial charge in [-0.05, 0) is 0 Å². The second kappa shape index (κ2) is 14.3. The van der Waals surface area contributed by atoms with Crippen LogP contribution in [0.1, 0.15) is 47.9 Å². The van der Waals surface area contributed by atoms with E-state index in [4.69, 9.17) is 0 Å². The molecular formula is C26H44Cl2Si3Ti-2. The van der Waals surface area contributed by atoms with Gasteiger partial charge in [0.2, 0.25) is 0 Å². The maximum Gasteiger partial charge on any atom is -1.00 e. The van der Waals surface area contributed by atoms with Gasteiger partial charge in [-0.25, -0.2) is 12.1 Å². The predicted octanol–water partition coefficient (Wildman–Crippen LogP) is 0.451. The Morgan fingerprint density at radius 2 is 0.938 bits per heavy atom. The first kappa shape index (κ1) is 32.6. The van der Waals surface area contributed by atoms with Crippen molar-refractivity contribution in [2.45, 2.75) is 104 Å². The summed E-state index contributed by atoms with van der Waals surface area (Å²) in [5, 5.41) is 3.33. The summed E-state index contributed by atoms with van der Waals surface area (Å²) in [5.74, 6) is 0. The molecule has 0 N–H and O–H groups in total. The minimum absolute atomic E-state index is 0. The Hall–Kier alpha value is 0.645. The van der Waals surface area contributed by atoms with Crippen LogP contribution in [-0.4, -0.2) is 22.3 Å². The maximum atomic E-state index is 2.49. The molecular weight excluding hydrogens is 515 g/mol. The largest absolute Gasteiger partial charge is 1.00 e. The first-order valence-corrected chi connectivity index (χ1v) is 23.8. The van der Waals surface area contributed by atoms with Crippen LogP contribution >= 0.6 is 0 Å². The zero-order chi connectivity index (χ0) is 22.5. The third kappa shape index (κ3) is 10.5. The summed E-state index contributed by atoms with van der Waals surface area (Å²) in [6.45, 7) is 19.2. The minimum Gasteiger partial charge on any atom is -1.00 e. The van der Waals surface area contributed by atoms with Gasteiger partial charge in [-0.3, -0.25) is 0 Å². The van der Waals surface area contributed by atoms with E-state index in [-0.39, 0.29) is 31.0 Å². The van der Waals surface area contributed by atoms with Crippen LogP contribution in [0, 0.1) is 0 Å². The normalized spacial score (nSPS) is 14.8. The van der Waals surface area contributed by atoms with Crippen LogP contribution < -0.4 is 35.2 Å². The first-order chi connectivity index (χ1) is 13.9. The molecule has 0 unspecified atom stereocenters. The van der Waals surface area contributed by atoms with E-state index in [1.165, 1.54) is 51.4 Å². The molecule has 32 heavy (non-hydrogen) atoms. The summed E-state index contributed by atoms with van der Waals surface area (Å²) in [6.07, 6.45) is 11.1. The molecule has 0 spiro atoms. The Morgan fingerprint density at radius 1 is 0.656 bits per heavy atom. The van der Waals surface area contributed by atoms with Crippen LogP contribution in [0.2, 0.25) is 52.4 Å². The summed E-state index contributed by atoms with van der Waals surface area (Å²) in [7, 11) is -2.10. The molecule has 0 amide bonds. The van der Waals surface area contributed by atoms with Gasteiger partial charge in [-0.1, -0.05) is 90.6 Å². The zero-order valence-corrected chi connectivity index (χ0v) is 27.8. The standard InChI is InChI=1S/2C12H19Si.C2H6Si.2ClH.Ti/c2*1-13(2,3)12-8-10-6-4-5-7-11(10)9-12;1-3-2;;;/h2*8-9H,4-7H2,1-3H3;1-2H3;2*1H;/q2*-1;;;;+2/p-2. The molecule has 0 saturated heterocycles. The fourth-order valence-corrected chi connectivity index (χ4v) is 6.69. The minimum atomic E-state index is -1.05. The predicted molar refractivity (Wildman–Crippen MR) is 141 cm³/mol. The van der Waals surface area contributed by atoms with E-state index in [0.717, 1.165) is 0 Å². The quantitative estimate of drug-likeness (QED) is 0.371. The summed E-state index contributed by atoms with van der Waals surface area (Å²) in [6, 6.07) is 9.95. The zero-order valence-electron chi connectivity index (χ0n) is 21.7. The van der Waals surface area contributed by atoms with E-state index < -0.39 is 16.1 Å². The summed E-state index contributed by atoms with van der Waals surface area (Å²) in [5.41, 5.74) is 6.62. The maximum absolute atomic E-state index is 2.49. The molecule has 0 aliphatic heterocycles. The average molecular weight is 560 g/mol. The van der Waals surface area contributed by atoms with Crippen molar-refractivity contribution in [2.75, 3.05) is 0 Å². The van der Waals surface area contributed by atoms with Crippen molar-refractivity contribution in [2.24, 2.45) is 0 Å². The molecule has 6 heteroatoms. The van der Waals surface area contributed by atoms with E-state index in [2.05, 4.69) is 95.8 Å². The van der Waals surface area contributed by atoms with Crippen LogP contribution in [0.4, 0.5) is 0 Å². The Bertz CT molecular complexity index is 723. The van der Waals surface area contributed by atoms with Crippen LogP contribution in [0.25, 0.3) is 0 Å². The number of hydrogen-bond acceptors (Lipinski definition) is 0. The molecule has 0 nitrogen and oxygen atoms in total. The Kier molecular flexibility index (Phi) is 14.6. The molecule has 2 aliphatic rings. The molecule has 2 aliphatic carbocycles. The van der Waals surface area contributed by atoms with Crippen LogP contribution in [-0.2, 0) is 44.9 Å². The fraction of sp³-hybridized carbons (Fsp3) is 0.615. The van der Waals surface area contributed by atoms with Crippen molar-refractivity contribution in [3.05, 3.63) is 46.5 Å². The second-order valence-corrected chi connectivity index (χ2v) is 28.3. The van der Waals surface area contributed by atoms with E-state index in [1.807, 2.05) is 0 Å². The molecule has 2 aromatic rings. The Labute approximate surface area is 225 Å². The van der Waals surface area contributed by atoms with Gasteiger partial charge in [-0.15, -0.1) is 0 Å². The number of hydrogen-bond donors (Lipinski definition) is 0. The van der Waals surface area contributed by atoms with Gasteiger partial charge in [0, 0.05) is 0 Å². The van der Waals surface area contributed by atoms with Crippen molar-refractivity contribution in [1.29, 1.82) is 0 Å². The van der Waals surface area contributed by atoms with E-state index in [1.54, 1.807) is 32.6 Å². The van der Waals surface area contributed by atoms with Gasteiger partial charge in [-0.2, -0.15) is 44.8 Å². The fourth-order valence-electron chi connectivity index (χ4n) is 4.26. The second-order valence-electron chi connectivity index (χ2n) is 11.5. The van der Waals surface area contributed by atoms with Gasteiger partial charge in [0.1, 0.15) is 0 Å². The summed E-state index contributed by atoms with van der Waals surface area (Å²) < 4.78 is 0. The number of fused-ring (bicyclic) bond motifs is 2. The smallest absolute Gasteiger partial charge is 1.00 e. The third-order valence-corrected chi connectivity index (χ3v) is 10.2. The van der Waals surface area contributed by atoms with Crippen molar-refractivity contribution in [3.8, 4) is 0 Å². The SMILES string of the molecule is C[Si](C)(C)c1cc2c([cH-]1)CCCC2.C[Si](C)(C)c1cc2c([cH-]1)CCCC2.C[Si](C)=[Ti+2].[Cl-].[Cl-]. The molecule has 0 aromatic heterocycles. The van der Waals surface area contributed by atoms with Crippen LogP contribution in [0.15, 0.2) is 24.3 Å². The van der Waals surface area contributed by atoms with Gasteiger partial charge in [0.05, 0.1) is 16.1 Å². The number of rotatable bonds is 2. The molecule has 4 rings (SSSR count). The first-order valence-electron chi connectivity index (χ1n) is 12.0. The monoisotopic (exact) mass is 558 g/mol. The third-order valence-electron chi connectivity index (χ3n) is 6.16. The van der Waals surface area contributed by atoms with Gasteiger partial charge in [0.25, 0.3) is 0 Å². The van der Waals surface area contributed by atoms with Gasteiger partial charge in [0.15, 0.2) is 0 Å². The number of aryl methyl sites for hydroxylation is 4. The summed E-state index contributed by atoms with van der Waals surface area (Å²) >= 11 is 2.27. The van der Waals surface area contributed by atoms with Gasteiger partial charge < -0.3 is 24.8 Å².